The van der Waals surface area contributed by atoms with Crippen LogP contribution in [0, 0.1) is 5.82 Å². The topological polar surface area (TPSA) is 41.6 Å². The highest BCUT2D eigenvalue weighted by molar-refractivity contribution is 9.10. The van der Waals surface area contributed by atoms with Gasteiger partial charge in [-0.1, -0.05) is 34.1 Å². The highest BCUT2D eigenvalue weighted by Crippen LogP contribution is 2.27. The molecule has 2 aromatic rings. The number of nitrogens with zero attached hydrogens (tertiary/aromatic N) is 1. The van der Waals surface area contributed by atoms with Crippen LogP contribution >= 0.6 is 15.9 Å². The van der Waals surface area contributed by atoms with Crippen LogP contribution in [0.5, 0.6) is 5.75 Å². The molecule has 1 atom stereocenters. The van der Waals surface area contributed by atoms with Crippen molar-refractivity contribution in [3.05, 3.63) is 63.9 Å². The summed E-state index contributed by atoms with van der Waals surface area (Å²) in [5.41, 5.74) is 0.974. The number of carbonyl (C=O) groups excluding carboxylic acids is 1. The van der Waals surface area contributed by atoms with Gasteiger partial charge in [-0.25, -0.2) is 4.39 Å². The van der Waals surface area contributed by atoms with Crippen LogP contribution in [0.1, 0.15) is 22.0 Å². The molecule has 0 aromatic heterocycles. The Kier molecular flexibility index (Phi) is 6.34. The Labute approximate surface area is 149 Å². The number of hydrogen-bond acceptors (Lipinski definition) is 3. The van der Waals surface area contributed by atoms with Crippen molar-refractivity contribution in [1.29, 1.82) is 0 Å². The molecule has 0 bridgehead atoms. The number of amides is 1. The third-order valence-electron chi connectivity index (χ3n) is 3.75. The van der Waals surface area contributed by atoms with Gasteiger partial charge in [-0.05, 0) is 38.4 Å². The van der Waals surface area contributed by atoms with Crippen LogP contribution in [-0.4, -0.2) is 38.6 Å². The van der Waals surface area contributed by atoms with Crippen molar-refractivity contribution in [2.45, 2.75) is 6.04 Å². The molecule has 1 amide bonds. The van der Waals surface area contributed by atoms with E-state index >= 15 is 0 Å². The van der Waals surface area contributed by atoms with Crippen LogP contribution in [0.25, 0.3) is 0 Å². The van der Waals surface area contributed by atoms with Crippen LogP contribution in [-0.2, 0) is 0 Å². The first-order valence-electron chi connectivity index (χ1n) is 7.46. The lowest BCUT2D eigenvalue weighted by Gasteiger charge is -2.26. The lowest BCUT2D eigenvalue weighted by atomic mass is 10.0. The molecule has 0 radical (unpaired) electrons. The molecule has 0 unspecified atom stereocenters. The van der Waals surface area contributed by atoms with Gasteiger partial charge in [-0.15, -0.1) is 0 Å². The van der Waals surface area contributed by atoms with E-state index < -0.39 is 11.7 Å². The van der Waals surface area contributed by atoms with Crippen LogP contribution < -0.4 is 10.1 Å². The van der Waals surface area contributed by atoms with E-state index in [0.717, 1.165) is 11.3 Å². The van der Waals surface area contributed by atoms with Crippen molar-refractivity contribution < 1.29 is 13.9 Å². The minimum absolute atomic E-state index is 0.0157. The summed E-state index contributed by atoms with van der Waals surface area (Å²) in [5.74, 6) is -0.246. The number of nitrogens with one attached hydrogen (secondary N) is 1. The molecule has 0 saturated carbocycles. The fraction of sp³-hybridized carbons (Fsp3) is 0.278. The summed E-state index contributed by atoms with van der Waals surface area (Å²) >= 11 is 3.25. The number of ether oxygens (including phenoxy) is 1. The average molecular weight is 395 g/mol. The predicted molar refractivity (Wildman–Crippen MR) is 95.9 cm³/mol. The molecule has 6 heteroatoms. The summed E-state index contributed by atoms with van der Waals surface area (Å²) in [6.07, 6.45) is 0. The van der Waals surface area contributed by atoms with Gasteiger partial charge in [0.15, 0.2) is 0 Å². The number of para-hydroxylation sites is 1. The van der Waals surface area contributed by atoms with Gasteiger partial charge < -0.3 is 15.0 Å². The maximum absolute atomic E-state index is 13.8. The van der Waals surface area contributed by atoms with Gasteiger partial charge in [0.1, 0.15) is 11.6 Å². The van der Waals surface area contributed by atoms with Crippen LogP contribution in [0.15, 0.2) is 46.9 Å². The van der Waals surface area contributed by atoms with Gasteiger partial charge >= 0.3 is 0 Å². The van der Waals surface area contributed by atoms with Crippen LogP contribution in [0.3, 0.4) is 0 Å². The van der Waals surface area contributed by atoms with Crippen molar-refractivity contribution in [1.82, 2.24) is 10.2 Å². The van der Waals surface area contributed by atoms with E-state index in [9.17, 15) is 9.18 Å². The third kappa shape index (κ3) is 4.33. The Bertz CT molecular complexity index is 722. The van der Waals surface area contributed by atoms with Gasteiger partial charge in [0, 0.05) is 16.6 Å². The van der Waals surface area contributed by atoms with Gasteiger partial charge in [0.25, 0.3) is 5.91 Å². The molecular formula is C18H20BrFN2O2. The Balaban J connectivity index is 2.17. The van der Waals surface area contributed by atoms with E-state index in [0.29, 0.717) is 11.0 Å². The molecule has 0 spiro atoms. The average Bonchev–Trinajstić information content (AvgIpc) is 2.57. The molecule has 128 valence electrons. The largest absolute Gasteiger partial charge is 0.496 e. The molecule has 2 aromatic carbocycles. The van der Waals surface area contributed by atoms with Gasteiger partial charge in [0.2, 0.25) is 0 Å². The van der Waals surface area contributed by atoms with Crippen molar-refractivity contribution in [3.8, 4) is 5.75 Å². The zero-order chi connectivity index (χ0) is 17.7. The zero-order valence-electron chi connectivity index (χ0n) is 13.8. The Morgan fingerprint density at radius 3 is 2.67 bits per heavy atom. The first-order chi connectivity index (χ1) is 11.4. The molecule has 4 nitrogen and oxygen atoms in total. The molecule has 0 saturated heterocycles. The monoisotopic (exact) mass is 394 g/mol. The number of rotatable bonds is 6. The molecule has 2 rings (SSSR count). The molecule has 0 heterocycles. The lowest BCUT2D eigenvalue weighted by Crippen LogP contribution is -2.35. The normalized spacial score (nSPS) is 12.1. The molecule has 24 heavy (non-hydrogen) atoms. The second-order valence-electron chi connectivity index (χ2n) is 5.56. The Morgan fingerprint density at radius 2 is 2.00 bits per heavy atom. The van der Waals surface area contributed by atoms with Gasteiger partial charge in [-0.2, -0.15) is 0 Å². The summed E-state index contributed by atoms with van der Waals surface area (Å²) in [6.45, 7) is 0.332. The number of methoxy groups -OCH3 is 1. The van der Waals surface area contributed by atoms with Crippen LogP contribution in [0.2, 0.25) is 0 Å². The van der Waals surface area contributed by atoms with E-state index in [2.05, 4.69) is 21.2 Å². The molecule has 0 aliphatic rings. The molecular weight excluding hydrogens is 375 g/mol. The summed E-state index contributed by atoms with van der Waals surface area (Å²) in [5, 5.41) is 2.80. The molecule has 0 aliphatic carbocycles. The van der Waals surface area contributed by atoms with Gasteiger partial charge in [0.05, 0.1) is 18.7 Å². The SMILES string of the molecule is COc1ccccc1[C@H](CNC(=O)c1cc(Br)ccc1F)N(C)C. The first kappa shape index (κ1) is 18.4. The van der Waals surface area contributed by atoms with E-state index in [1.54, 1.807) is 13.2 Å². The van der Waals surface area contributed by atoms with Crippen LogP contribution in [0.4, 0.5) is 4.39 Å². The highest BCUT2D eigenvalue weighted by Gasteiger charge is 2.20. The minimum Gasteiger partial charge on any atom is -0.496 e. The highest BCUT2D eigenvalue weighted by atomic mass is 79.9. The lowest BCUT2D eigenvalue weighted by molar-refractivity contribution is 0.0937. The summed E-state index contributed by atoms with van der Waals surface area (Å²) < 4.78 is 19.9. The third-order valence-corrected chi connectivity index (χ3v) is 4.24. The maximum Gasteiger partial charge on any atom is 0.254 e. The van der Waals surface area contributed by atoms with Crippen molar-refractivity contribution >= 4 is 21.8 Å². The second kappa shape index (κ2) is 8.26. The summed E-state index contributed by atoms with van der Waals surface area (Å²) in [6, 6.07) is 11.8. The predicted octanol–water partition coefficient (Wildman–Crippen LogP) is 3.63. The van der Waals surface area contributed by atoms with Crippen molar-refractivity contribution in [2.75, 3.05) is 27.7 Å². The standard InChI is InChI=1S/C18H20BrFN2O2/c1-22(2)16(13-6-4-5-7-17(13)24-3)11-21-18(23)14-10-12(19)8-9-15(14)20/h4-10,16H,11H2,1-3H3,(H,21,23)/t16-/m0/s1. The van der Waals surface area contributed by atoms with E-state index in [-0.39, 0.29) is 11.6 Å². The molecule has 1 N–H and O–H groups in total. The number of halogens is 2. The maximum atomic E-state index is 13.8. The van der Waals surface area contributed by atoms with Crippen molar-refractivity contribution in [3.63, 3.8) is 0 Å². The van der Waals surface area contributed by atoms with E-state index in [4.69, 9.17) is 4.74 Å². The fourth-order valence-electron chi connectivity index (χ4n) is 2.47. The quantitative estimate of drug-likeness (QED) is 0.813. The first-order valence-corrected chi connectivity index (χ1v) is 8.26. The van der Waals surface area contributed by atoms with E-state index in [1.165, 1.54) is 12.1 Å². The van der Waals surface area contributed by atoms with Crippen molar-refractivity contribution in [2.24, 2.45) is 0 Å². The molecule has 0 aliphatic heterocycles. The van der Waals surface area contributed by atoms with Gasteiger partial charge in [-0.3, -0.25) is 4.79 Å². The number of carbonyl (C=O) groups is 1. The number of benzene rings is 2. The molecule has 0 fully saturated rings. The summed E-state index contributed by atoms with van der Waals surface area (Å²) in [4.78, 5) is 14.3. The van der Waals surface area contributed by atoms with E-state index in [1.807, 2.05) is 43.3 Å². The Hall–Kier alpha value is -1.92. The fourth-order valence-corrected chi connectivity index (χ4v) is 2.83. The summed E-state index contributed by atoms with van der Waals surface area (Å²) in [7, 11) is 5.45. The Morgan fingerprint density at radius 1 is 1.29 bits per heavy atom. The number of likely N-dealkylation sites (N-methyl/N-ethyl adjacent to an activating group) is 1. The second-order valence-corrected chi connectivity index (χ2v) is 6.47. The minimum atomic E-state index is -0.547. The number of hydrogen-bond donors (Lipinski definition) is 1. The smallest absolute Gasteiger partial charge is 0.254 e. The zero-order valence-corrected chi connectivity index (χ0v) is 15.4.